The third-order valence-electron chi connectivity index (χ3n) is 2.06. The van der Waals surface area contributed by atoms with E-state index in [0.717, 1.165) is 0 Å². The van der Waals surface area contributed by atoms with Gasteiger partial charge in [0, 0.05) is 5.56 Å². The molecule has 0 aliphatic rings. The number of aromatic nitrogens is 3. The van der Waals surface area contributed by atoms with Gasteiger partial charge in [-0.2, -0.15) is 0 Å². The Morgan fingerprint density at radius 3 is 2.75 bits per heavy atom. The topological polar surface area (TPSA) is 64.7 Å². The van der Waals surface area contributed by atoms with Gasteiger partial charge in [-0.1, -0.05) is 12.1 Å². The molecule has 5 heteroatoms. The first kappa shape index (κ1) is 10.6. The summed E-state index contributed by atoms with van der Waals surface area (Å²) >= 11 is 0. The Hall–Kier alpha value is -1.88. The lowest BCUT2D eigenvalue weighted by molar-refractivity contribution is 0.628. The van der Waals surface area contributed by atoms with Gasteiger partial charge in [0.05, 0.1) is 6.54 Å². The van der Waals surface area contributed by atoms with Crippen LogP contribution in [0.1, 0.15) is 11.6 Å². The molecule has 0 atom stereocenters. The zero-order chi connectivity index (χ0) is 11.5. The smallest absolute Gasteiger partial charge is 0.163 e. The molecule has 0 fully saturated rings. The lowest BCUT2D eigenvalue weighted by atomic mass is 10.2. The van der Waals surface area contributed by atoms with Gasteiger partial charge in [-0.15, -0.1) is 0 Å². The minimum atomic E-state index is -0.315. The highest BCUT2D eigenvalue weighted by Gasteiger charge is 2.05. The minimum Gasteiger partial charge on any atom is -0.324 e. The summed E-state index contributed by atoms with van der Waals surface area (Å²) in [6, 6.07) is 6.13. The van der Waals surface area contributed by atoms with Crippen LogP contribution in [0.5, 0.6) is 0 Å². The fraction of sp³-hybridized carbons (Fsp3) is 0.182. The van der Waals surface area contributed by atoms with E-state index in [1.54, 1.807) is 19.1 Å². The second-order valence-corrected chi connectivity index (χ2v) is 3.34. The Morgan fingerprint density at radius 2 is 2.06 bits per heavy atom. The molecule has 0 saturated heterocycles. The molecule has 2 aromatic rings. The Morgan fingerprint density at radius 1 is 1.25 bits per heavy atom. The van der Waals surface area contributed by atoms with E-state index in [1.807, 2.05) is 0 Å². The van der Waals surface area contributed by atoms with Crippen LogP contribution in [0.15, 0.2) is 24.3 Å². The number of nitrogens with two attached hydrogens (primary N) is 1. The second kappa shape index (κ2) is 4.32. The van der Waals surface area contributed by atoms with Crippen molar-refractivity contribution in [3.05, 3.63) is 41.7 Å². The molecule has 1 aromatic heterocycles. The van der Waals surface area contributed by atoms with Crippen LogP contribution in [-0.2, 0) is 6.54 Å². The molecule has 0 amide bonds. The summed E-state index contributed by atoms with van der Waals surface area (Å²) in [5, 5.41) is 0. The number of rotatable bonds is 2. The molecule has 16 heavy (non-hydrogen) atoms. The molecule has 0 aliphatic carbocycles. The van der Waals surface area contributed by atoms with Crippen LogP contribution < -0.4 is 5.73 Å². The van der Waals surface area contributed by atoms with Crippen LogP contribution in [0.25, 0.3) is 11.4 Å². The van der Waals surface area contributed by atoms with Crippen molar-refractivity contribution in [2.75, 3.05) is 0 Å². The van der Waals surface area contributed by atoms with Gasteiger partial charge in [-0.3, -0.25) is 0 Å². The highest BCUT2D eigenvalue weighted by molar-refractivity contribution is 5.54. The van der Waals surface area contributed by atoms with Crippen molar-refractivity contribution >= 4 is 0 Å². The molecule has 4 nitrogen and oxygen atoms in total. The predicted molar refractivity (Wildman–Crippen MR) is 57.8 cm³/mol. The van der Waals surface area contributed by atoms with Crippen LogP contribution in [-0.4, -0.2) is 15.0 Å². The normalized spacial score (nSPS) is 10.4. The van der Waals surface area contributed by atoms with Crippen LogP contribution in [0, 0.1) is 12.7 Å². The largest absolute Gasteiger partial charge is 0.324 e. The van der Waals surface area contributed by atoms with Gasteiger partial charge >= 0.3 is 0 Å². The molecule has 0 unspecified atom stereocenters. The van der Waals surface area contributed by atoms with Crippen LogP contribution >= 0.6 is 0 Å². The number of benzene rings is 1. The fourth-order valence-electron chi connectivity index (χ4n) is 1.39. The molecule has 82 valence electrons. The second-order valence-electron chi connectivity index (χ2n) is 3.34. The zero-order valence-corrected chi connectivity index (χ0v) is 8.81. The summed E-state index contributed by atoms with van der Waals surface area (Å²) in [6.45, 7) is 2.00. The van der Waals surface area contributed by atoms with Crippen molar-refractivity contribution in [3.8, 4) is 11.4 Å². The number of halogens is 1. The molecule has 0 spiro atoms. The summed E-state index contributed by atoms with van der Waals surface area (Å²) in [6.07, 6.45) is 0. The fourth-order valence-corrected chi connectivity index (χ4v) is 1.39. The predicted octanol–water partition coefficient (Wildman–Crippen LogP) is 1.44. The third-order valence-corrected chi connectivity index (χ3v) is 2.06. The zero-order valence-electron chi connectivity index (χ0n) is 8.81. The highest BCUT2D eigenvalue weighted by Crippen LogP contribution is 2.15. The maximum atomic E-state index is 13.0. The van der Waals surface area contributed by atoms with Gasteiger partial charge in [0.25, 0.3) is 0 Å². The maximum Gasteiger partial charge on any atom is 0.163 e. The van der Waals surface area contributed by atoms with Gasteiger partial charge in [0.1, 0.15) is 17.5 Å². The van der Waals surface area contributed by atoms with Crippen molar-refractivity contribution in [1.29, 1.82) is 0 Å². The van der Waals surface area contributed by atoms with Gasteiger partial charge in [-0.05, 0) is 19.1 Å². The van der Waals surface area contributed by atoms with E-state index in [4.69, 9.17) is 5.73 Å². The molecule has 0 radical (unpaired) electrons. The lowest BCUT2D eigenvalue weighted by Crippen LogP contribution is -2.07. The van der Waals surface area contributed by atoms with Gasteiger partial charge in [0.15, 0.2) is 5.82 Å². The summed E-state index contributed by atoms with van der Waals surface area (Å²) in [4.78, 5) is 12.4. The Balaban J connectivity index is 2.51. The van der Waals surface area contributed by atoms with Crippen LogP contribution in [0.4, 0.5) is 4.39 Å². The van der Waals surface area contributed by atoms with Gasteiger partial charge in [0.2, 0.25) is 0 Å². The molecular formula is C11H11FN4. The Labute approximate surface area is 92.4 Å². The minimum absolute atomic E-state index is 0.242. The van der Waals surface area contributed by atoms with Crippen molar-refractivity contribution in [2.45, 2.75) is 13.5 Å². The molecule has 0 saturated carbocycles. The van der Waals surface area contributed by atoms with E-state index < -0.39 is 0 Å². The van der Waals surface area contributed by atoms with E-state index >= 15 is 0 Å². The van der Waals surface area contributed by atoms with Gasteiger partial charge < -0.3 is 5.73 Å². The van der Waals surface area contributed by atoms with E-state index in [0.29, 0.717) is 23.0 Å². The van der Waals surface area contributed by atoms with Crippen LogP contribution in [0.2, 0.25) is 0 Å². The van der Waals surface area contributed by atoms with Gasteiger partial charge in [-0.25, -0.2) is 19.3 Å². The van der Waals surface area contributed by atoms with Crippen molar-refractivity contribution in [2.24, 2.45) is 5.73 Å². The maximum absolute atomic E-state index is 13.0. The molecule has 2 N–H and O–H groups in total. The Bertz CT molecular complexity index is 513. The molecule has 1 aromatic carbocycles. The SMILES string of the molecule is Cc1nc(CN)nc(-c2cccc(F)c2)n1. The highest BCUT2D eigenvalue weighted by atomic mass is 19.1. The average molecular weight is 218 g/mol. The first-order chi connectivity index (χ1) is 7.69. The first-order valence-electron chi connectivity index (χ1n) is 4.86. The number of aryl methyl sites for hydroxylation is 1. The molecule has 2 rings (SSSR count). The average Bonchev–Trinajstić information content (AvgIpc) is 2.28. The van der Waals surface area contributed by atoms with E-state index in [-0.39, 0.29) is 12.4 Å². The summed E-state index contributed by atoms with van der Waals surface area (Å²) in [5.74, 6) is 1.22. The van der Waals surface area contributed by atoms with E-state index in [1.165, 1.54) is 12.1 Å². The number of hydrogen-bond donors (Lipinski definition) is 1. The number of nitrogens with zero attached hydrogens (tertiary/aromatic N) is 3. The Kier molecular flexibility index (Phi) is 2.87. The summed E-state index contributed by atoms with van der Waals surface area (Å²) in [7, 11) is 0. The van der Waals surface area contributed by atoms with Crippen LogP contribution in [0.3, 0.4) is 0 Å². The lowest BCUT2D eigenvalue weighted by Gasteiger charge is -2.03. The molecule has 0 aliphatic heterocycles. The van der Waals surface area contributed by atoms with Crippen molar-refractivity contribution in [1.82, 2.24) is 15.0 Å². The summed E-state index contributed by atoms with van der Waals surface area (Å²) in [5.41, 5.74) is 6.09. The summed E-state index contributed by atoms with van der Waals surface area (Å²) < 4.78 is 13.0. The standard InChI is InChI=1S/C11H11FN4/c1-7-14-10(6-13)16-11(15-7)8-3-2-4-9(12)5-8/h2-5H,6,13H2,1H3. The molecule has 1 heterocycles. The van der Waals surface area contributed by atoms with Crippen molar-refractivity contribution in [3.63, 3.8) is 0 Å². The quantitative estimate of drug-likeness (QED) is 0.828. The third kappa shape index (κ3) is 2.20. The molecule has 0 bridgehead atoms. The number of hydrogen-bond acceptors (Lipinski definition) is 4. The van der Waals surface area contributed by atoms with E-state index in [2.05, 4.69) is 15.0 Å². The first-order valence-corrected chi connectivity index (χ1v) is 4.86. The van der Waals surface area contributed by atoms with Crippen molar-refractivity contribution < 1.29 is 4.39 Å². The monoisotopic (exact) mass is 218 g/mol. The van der Waals surface area contributed by atoms with E-state index in [9.17, 15) is 4.39 Å². The molecular weight excluding hydrogens is 207 g/mol.